The van der Waals surface area contributed by atoms with Gasteiger partial charge in [0.1, 0.15) is 11.9 Å². The van der Waals surface area contributed by atoms with Crippen LogP contribution in [0, 0.1) is 5.92 Å². The van der Waals surface area contributed by atoms with Crippen LogP contribution in [0.4, 0.5) is 0 Å². The van der Waals surface area contributed by atoms with Crippen molar-refractivity contribution >= 4 is 17.8 Å². The lowest BCUT2D eigenvalue weighted by atomic mass is 10.1. The summed E-state index contributed by atoms with van der Waals surface area (Å²) in [4.78, 5) is 10.4. The van der Waals surface area contributed by atoms with Crippen LogP contribution in [0.1, 0.15) is 33.1 Å². The molecule has 0 bridgehead atoms. The van der Waals surface area contributed by atoms with Gasteiger partial charge in [-0.2, -0.15) is 0 Å². The van der Waals surface area contributed by atoms with Crippen molar-refractivity contribution in [2.75, 3.05) is 0 Å². The number of hydrogen-bond acceptors (Lipinski definition) is 2. The average Bonchev–Trinajstić information content (AvgIpc) is 1.87. The van der Waals surface area contributed by atoms with Gasteiger partial charge in [-0.25, -0.2) is 0 Å². The minimum Gasteiger partial charge on any atom is -0.348 e. The van der Waals surface area contributed by atoms with Gasteiger partial charge in [-0.05, 0) is 12.3 Å². The second-order valence-corrected chi connectivity index (χ2v) is 2.89. The number of halogens is 1. The van der Waals surface area contributed by atoms with Crippen LogP contribution in [0.5, 0.6) is 0 Å². The molecule has 0 atom stereocenters. The van der Waals surface area contributed by atoms with Crippen LogP contribution >= 0.6 is 11.9 Å². The molecule has 3 heteroatoms. The zero-order valence-corrected chi connectivity index (χ0v) is 7.15. The largest absolute Gasteiger partial charge is 0.348 e. The van der Waals surface area contributed by atoms with Crippen LogP contribution in [0.3, 0.4) is 0 Å². The van der Waals surface area contributed by atoms with E-state index in [1.54, 1.807) is 0 Å². The van der Waals surface area contributed by atoms with E-state index in [1.165, 1.54) is 0 Å². The zero-order chi connectivity index (χ0) is 7.98. The van der Waals surface area contributed by atoms with Gasteiger partial charge in [0.05, 0.1) is 0 Å². The first kappa shape index (κ1) is 9.76. The van der Waals surface area contributed by atoms with Gasteiger partial charge in [0.25, 0.3) is 0 Å². The van der Waals surface area contributed by atoms with Gasteiger partial charge in [-0.3, -0.25) is 4.79 Å². The molecule has 0 aliphatic rings. The summed E-state index contributed by atoms with van der Waals surface area (Å²) < 4.78 is 3.97. The van der Waals surface area contributed by atoms with E-state index in [0.717, 1.165) is 12.8 Å². The highest BCUT2D eigenvalue weighted by Crippen LogP contribution is 2.06. The first-order valence-corrected chi connectivity index (χ1v) is 3.79. The van der Waals surface area contributed by atoms with Crippen LogP contribution in [0.25, 0.3) is 0 Å². The van der Waals surface area contributed by atoms with Crippen molar-refractivity contribution in [3.05, 3.63) is 0 Å². The van der Waals surface area contributed by atoms with Crippen molar-refractivity contribution < 1.29 is 9.08 Å². The van der Waals surface area contributed by atoms with E-state index < -0.39 is 0 Å². The number of carbonyl (C=O) groups is 1. The molecule has 10 heavy (non-hydrogen) atoms. The molecule has 0 N–H and O–H groups in total. The molecule has 2 nitrogen and oxygen atoms in total. The SMILES string of the molecule is CC(C)CCCC(=O)OCl. The minimum absolute atomic E-state index is 0.331. The van der Waals surface area contributed by atoms with E-state index in [4.69, 9.17) is 11.9 Å². The minimum atomic E-state index is -0.331. The summed E-state index contributed by atoms with van der Waals surface area (Å²) in [5, 5.41) is 0. The van der Waals surface area contributed by atoms with Gasteiger partial charge in [-0.1, -0.05) is 20.3 Å². The predicted molar refractivity (Wildman–Crippen MR) is 40.6 cm³/mol. The summed E-state index contributed by atoms with van der Waals surface area (Å²) in [6.45, 7) is 4.23. The van der Waals surface area contributed by atoms with Crippen LogP contribution in [-0.2, 0) is 9.08 Å². The predicted octanol–water partition coefficient (Wildman–Crippen LogP) is 2.51. The molecule has 0 aliphatic heterocycles. The Labute approximate surface area is 66.7 Å². The summed E-state index contributed by atoms with van der Waals surface area (Å²) in [6, 6.07) is 0. The summed E-state index contributed by atoms with van der Waals surface area (Å²) in [6.07, 6.45) is 2.34. The van der Waals surface area contributed by atoms with Crippen molar-refractivity contribution in [3.8, 4) is 0 Å². The molecule has 0 amide bonds. The fourth-order valence-corrected chi connectivity index (χ4v) is 0.770. The molecule has 0 aromatic heterocycles. The topological polar surface area (TPSA) is 26.3 Å². The average molecular weight is 165 g/mol. The molecule has 0 aromatic carbocycles. The monoisotopic (exact) mass is 164 g/mol. The first-order chi connectivity index (χ1) is 4.66. The lowest BCUT2D eigenvalue weighted by molar-refractivity contribution is -0.134. The van der Waals surface area contributed by atoms with E-state index in [9.17, 15) is 4.79 Å². The van der Waals surface area contributed by atoms with E-state index >= 15 is 0 Å². The Morgan fingerprint density at radius 2 is 2.20 bits per heavy atom. The first-order valence-electron chi connectivity index (χ1n) is 3.48. The van der Waals surface area contributed by atoms with Gasteiger partial charge in [0.15, 0.2) is 0 Å². The van der Waals surface area contributed by atoms with Crippen molar-refractivity contribution in [1.29, 1.82) is 0 Å². The Kier molecular flexibility index (Phi) is 5.40. The third-order valence-corrected chi connectivity index (χ3v) is 1.42. The molecule has 0 saturated carbocycles. The zero-order valence-electron chi connectivity index (χ0n) is 6.39. The molecule has 0 aliphatic carbocycles. The molecule has 0 fully saturated rings. The van der Waals surface area contributed by atoms with Crippen molar-refractivity contribution in [2.45, 2.75) is 33.1 Å². The molecule has 0 rings (SSSR count). The van der Waals surface area contributed by atoms with Crippen molar-refractivity contribution in [3.63, 3.8) is 0 Å². The second kappa shape index (κ2) is 5.54. The Hall–Kier alpha value is -0.240. The Balaban J connectivity index is 3.12. The van der Waals surface area contributed by atoms with E-state index in [0.29, 0.717) is 12.3 Å². The smallest absolute Gasteiger partial charge is 0.324 e. The third kappa shape index (κ3) is 5.89. The molecular weight excluding hydrogens is 152 g/mol. The lowest BCUT2D eigenvalue weighted by Crippen LogP contribution is -1.97. The maximum absolute atomic E-state index is 10.4. The van der Waals surface area contributed by atoms with Gasteiger partial charge < -0.3 is 4.29 Å². The van der Waals surface area contributed by atoms with Crippen LogP contribution in [0.2, 0.25) is 0 Å². The molecule has 0 radical (unpaired) electrons. The van der Waals surface area contributed by atoms with Gasteiger partial charge in [0, 0.05) is 6.42 Å². The Morgan fingerprint density at radius 1 is 1.60 bits per heavy atom. The van der Waals surface area contributed by atoms with Crippen molar-refractivity contribution in [1.82, 2.24) is 0 Å². The van der Waals surface area contributed by atoms with Crippen LogP contribution in [0.15, 0.2) is 0 Å². The lowest BCUT2D eigenvalue weighted by Gasteiger charge is -2.00. The summed E-state index contributed by atoms with van der Waals surface area (Å²) in [7, 11) is 0. The maximum atomic E-state index is 10.4. The highest BCUT2D eigenvalue weighted by atomic mass is 35.5. The van der Waals surface area contributed by atoms with Crippen molar-refractivity contribution in [2.24, 2.45) is 5.92 Å². The third-order valence-electron chi connectivity index (χ3n) is 1.25. The van der Waals surface area contributed by atoms with Crippen LogP contribution in [-0.4, -0.2) is 5.97 Å². The quantitative estimate of drug-likeness (QED) is 0.638. The molecule has 0 heterocycles. The molecular formula is C7H13ClO2. The van der Waals surface area contributed by atoms with E-state index in [-0.39, 0.29) is 5.97 Å². The van der Waals surface area contributed by atoms with Gasteiger partial charge in [0.2, 0.25) is 0 Å². The number of hydrogen-bond donors (Lipinski definition) is 0. The summed E-state index contributed by atoms with van der Waals surface area (Å²) >= 11 is 4.82. The number of rotatable bonds is 4. The summed E-state index contributed by atoms with van der Waals surface area (Å²) in [5.41, 5.74) is 0. The standard InChI is InChI=1S/C7H13ClO2/c1-6(2)4-3-5-7(9)10-8/h6H,3-5H2,1-2H3. The Bertz CT molecular complexity index is 102. The molecule has 60 valence electrons. The van der Waals surface area contributed by atoms with E-state index in [2.05, 4.69) is 18.1 Å². The maximum Gasteiger partial charge on any atom is 0.324 e. The van der Waals surface area contributed by atoms with Gasteiger partial charge in [-0.15, -0.1) is 0 Å². The fraction of sp³-hybridized carbons (Fsp3) is 0.857. The number of carbonyl (C=O) groups excluding carboxylic acids is 1. The molecule has 0 unspecified atom stereocenters. The molecule has 0 spiro atoms. The normalized spacial score (nSPS) is 10.0. The molecule has 0 saturated heterocycles. The van der Waals surface area contributed by atoms with Gasteiger partial charge >= 0.3 is 5.97 Å². The molecule has 0 aromatic rings. The highest BCUT2D eigenvalue weighted by Gasteiger charge is 2.01. The van der Waals surface area contributed by atoms with Crippen LogP contribution < -0.4 is 0 Å². The highest BCUT2D eigenvalue weighted by molar-refractivity contribution is 6.13. The fourth-order valence-electron chi connectivity index (χ4n) is 0.693. The second-order valence-electron chi connectivity index (χ2n) is 2.74. The summed E-state index contributed by atoms with van der Waals surface area (Å²) in [5.74, 6) is 0.311. The Morgan fingerprint density at radius 3 is 2.60 bits per heavy atom. The van der Waals surface area contributed by atoms with E-state index in [1.807, 2.05) is 0 Å².